The molecule has 2 aromatic carbocycles. The van der Waals surface area contributed by atoms with Gasteiger partial charge < -0.3 is 10.2 Å². The van der Waals surface area contributed by atoms with Crippen LogP contribution in [0.2, 0.25) is 0 Å². The fourth-order valence-corrected chi connectivity index (χ4v) is 5.18. The zero-order valence-corrected chi connectivity index (χ0v) is 15.7. The number of benzene rings is 2. The number of amides is 2. The van der Waals surface area contributed by atoms with Crippen LogP contribution in [-0.4, -0.2) is 43.4 Å². The van der Waals surface area contributed by atoms with Gasteiger partial charge >= 0.3 is 6.03 Å². The molecule has 0 bridgehead atoms. The first-order chi connectivity index (χ1) is 12.5. The third-order valence-electron chi connectivity index (χ3n) is 4.78. The van der Waals surface area contributed by atoms with Crippen LogP contribution < -0.4 is 5.32 Å². The Morgan fingerprint density at radius 1 is 1.08 bits per heavy atom. The summed E-state index contributed by atoms with van der Waals surface area (Å²) >= 11 is 0. The van der Waals surface area contributed by atoms with Gasteiger partial charge in [0.15, 0.2) is 9.84 Å². The molecule has 5 nitrogen and oxygen atoms in total. The topological polar surface area (TPSA) is 66.5 Å². The SMILES string of the molecule is CCN(C(=O)NC(c1ccccc1)c1ccccc1)C1CCS(=O)(=O)C1. The van der Waals surface area contributed by atoms with Crippen LogP contribution in [0.1, 0.15) is 30.5 Å². The highest BCUT2D eigenvalue weighted by Crippen LogP contribution is 2.23. The maximum atomic E-state index is 12.9. The molecule has 0 radical (unpaired) electrons. The molecule has 2 aromatic rings. The van der Waals surface area contributed by atoms with Crippen LogP contribution in [0.3, 0.4) is 0 Å². The molecule has 1 aliphatic rings. The smallest absolute Gasteiger partial charge is 0.318 e. The van der Waals surface area contributed by atoms with Gasteiger partial charge in [0.25, 0.3) is 0 Å². The summed E-state index contributed by atoms with van der Waals surface area (Å²) < 4.78 is 23.6. The van der Waals surface area contributed by atoms with E-state index in [0.717, 1.165) is 11.1 Å². The molecular weight excluding hydrogens is 348 g/mol. The summed E-state index contributed by atoms with van der Waals surface area (Å²) in [6.07, 6.45) is 0.505. The molecule has 1 unspecified atom stereocenters. The van der Waals surface area contributed by atoms with Gasteiger partial charge in [0.05, 0.1) is 17.5 Å². The van der Waals surface area contributed by atoms with Crippen molar-refractivity contribution < 1.29 is 13.2 Å². The van der Waals surface area contributed by atoms with E-state index in [1.165, 1.54) is 0 Å². The molecule has 2 amide bonds. The lowest BCUT2D eigenvalue weighted by Crippen LogP contribution is -2.47. The molecule has 6 heteroatoms. The second kappa shape index (κ2) is 7.91. The average molecular weight is 372 g/mol. The highest BCUT2D eigenvalue weighted by Gasteiger charge is 2.34. The molecule has 3 rings (SSSR count). The Balaban J connectivity index is 1.83. The van der Waals surface area contributed by atoms with Crippen LogP contribution in [0.25, 0.3) is 0 Å². The summed E-state index contributed by atoms with van der Waals surface area (Å²) in [5.74, 6) is 0.206. The molecule has 138 valence electrons. The number of nitrogens with zero attached hydrogens (tertiary/aromatic N) is 1. The Bertz CT molecular complexity index is 798. The van der Waals surface area contributed by atoms with E-state index in [-0.39, 0.29) is 29.6 Å². The van der Waals surface area contributed by atoms with Gasteiger partial charge in [-0.15, -0.1) is 0 Å². The maximum absolute atomic E-state index is 12.9. The molecule has 26 heavy (non-hydrogen) atoms. The first-order valence-corrected chi connectivity index (χ1v) is 10.7. The predicted octanol–water partition coefficient (Wildman–Crippen LogP) is 2.99. The van der Waals surface area contributed by atoms with Crippen LogP contribution in [-0.2, 0) is 9.84 Å². The van der Waals surface area contributed by atoms with Crippen molar-refractivity contribution in [1.82, 2.24) is 10.2 Å². The molecule has 0 saturated carbocycles. The van der Waals surface area contributed by atoms with E-state index in [1.54, 1.807) is 4.90 Å². The van der Waals surface area contributed by atoms with Gasteiger partial charge in [0.1, 0.15) is 0 Å². The van der Waals surface area contributed by atoms with Crippen molar-refractivity contribution in [3.05, 3.63) is 71.8 Å². The van der Waals surface area contributed by atoms with Crippen molar-refractivity contribution in [2.75, 3.05) is 18.1 Å². The molecule has 0 aliphatic carbocycles. The Kier molecular flexibility index (Phi) is 5.61. The minimum Gasteiger partial charge on any atom is -0.327 e. The lowest BCUT2D eigenvalue weighted by atomic mass is 9.99. The van der Waals surface area contributed by atoms with Crippen LogP contribution >= 0.6 is 0 Å². The van der Waals surface area contributed by atoms with Crippen molar-refractivity contribution in [2.45, 2.75) is 25.4 Å². The van der Waals surface area contributed by atoms with Gasteiger partial charge in [-0.2, -0.15) is 0 Å². The first kappa shape index (κ1) is 18.5. The Morgan fingerprint density at radius 2 is 1.62 bits per heavy atom. The Labute approximate surface area is 154 Å². The Morgan fingerprint density at radius 3 is 2.04 bits per heavy atom. The minimum absolute atomic E-state index is 0.0512. The van der Waals surface area contributed by atoms with E-state index in [0.29, 0.717) is 13.0 Å². The van der Waals surface area contributed by atoms with Gasteiger partial charge in [-0.25, -0.2) is 13.2 Å². The van der Waals surface area contributed by atoms with Crippen molar-refractivity contribution in [3.63, 3.8) is 0 Å². The third kappa shape index (κ3) is 4.25. The van der Waals surface area contributed by atoms with E-state index in [4.69, 9.17) is 0 Å². The van der Waals surface area contributed by atoms with Crippen LogP contribution in [0, 0.1) is 0 Å². The zero-order chi connectivity index (χ0) is 18.6. The Hall–Kier alpha value is -2.34. The van der Waals surface area contributed by atoms with Crippen molar-refractivity contribution in [2.24, 2.45) is 0 Å². The summed E-state index contributed by atoms with van der Waals surface area (Å²) in [6.45, 7) is 2.35. The van der Waals surface area contributed by atoms with E-state index in [1.807, 2.05) is 67.6 Å². The summed E-state index contributed by atoms with van der Waals surface area (Å²) in [7, 11) is -3.04. The number of hydrogen-bond donors (Lipinski definition) is 1. The monoisotopic (exact) mass is 372 g/mol. The number of urea groups is 1. The second-order valence-electron chi connectivity index (χ2n) is 6.55. The lowest BCUT2D eigenvalue weighted by Gasteiger charge is -2.30. The summed E-state index contributed by atoms with van der Waals surface area (Å²) in [5.41, 5.74) is 1.98. The van der Waals surface area contributed by atoms with Gasteiger partial charge in [-0.05, 0) is 24.5 Å². The predicted molar refractivity (Wildman–Crippen MR) is 103 cm³/mol. The molecule has 1 N–H and O–H groups in total. The third-order valence-corrected chi connectivity index (χ3v) is 6.53. The molecule has 0 spiro atoms. The lowest BCUT2D eigenvalue weighted by molar-refractivity contribution is 0.181. The van der Waals surface area contributed by atoms with E-state index < -0.39 is 9.84 Å². The number of nitrogens with one attached hydrogen (secondary N) is 1. The van der Waals surface area contributed by atoms with Crippen LogP contribution in [0.15, 0.2) is 60.7 Å². The van der Waals surface area contributed by atoms with Crippen LogP contribution in [0.4, 0.5) is 4.79 Å². The number of carbonyl (C=O) groups excluding carboxylic acids is 1. The number of hydrogen-bond acceptors (Lipinski definition) is 3. The number of sulfone groups is 1. The molecule has 0 aromatic heterocycles. The molecule has 1 heterocycles. The van der Waals surface area contributed by atoms with Gasteiger partial charge in [-0.1, -0.05) is 60.7 Å². The summed E-state index contributed by atoms with van der Waals surface area (Å²) in [5, 5.41) is 3.10. The standard InChI is InChI=1S/C20H24N2O3S/c1-2-22(18-13-14-26(24,25)15-18)20(23)21-19(16-9-5-3-6-10-16)17-11-7-4-8-12-17/h3-12,18-19H,2,13-15H2,1H3,(H,21,23). The molecular formula is C20H24N2O3S. The van der Waals surface area contributed by atoms with Gasteiger partial charge in [0, 0.05) is 12.6 Å². The van der Waals surface area contributed by atoms with Crippen molar-refractivity contribution in [3.8, 4) is 0 Å². The molecule has 1 aliphatic heterocycles. The summed E-state index contributed by atoms with van der Waals surface area (Å²) in [4.78, 5) is 14.6. The van der Waals surface area contributed by atoms with Gasteiger partial charge in [-0.3, -0.25) is 0 Å². The number of rotatable bonds is 5. The first-order valence-electron chi connectivity index (χ1n) is 8.87. The number of carbonyl (C=O) groups is 1. The highest BCUT2D eigenvalue weighted by atomic mass is 32.2. The van der Waals surface area contributed by atoms with E-state index >= 15 is 0 Å². The molecule has 1 saturated heterocycles. The second-order valence-corrected chi connectivity index (χ2v) is 8.78. The highest BCUT2D eigenvalue weighted by molar-refractivity contribution is 7.91. The fourth-order valence-electron chi connectivity index (χ4n) is 3.45. The fraction of sp³-hybridized carbons (Fsp3) is 0.350. The van der Waals surface area contributed by atoms with Crippen molar-refractivity contribution >= 4 is 15.9 Å². The van der Waals surface area contributed by atoms with Gasteiger partial charge in [0.2, 0.25) is 0 Å². The quantitative estimate of drug-likeness (QED) is 0.877. The zero-order valence-electron chi connectivity index (χ0n) is 14.8. The molecule has 1 fully saturated rings. The van der Waals surface area contributed by atoms with E-state index in [9.17, 15) is 13.2 Å². The summed E-state index contributed by atoms with van der Waals surface area (Å²) in [6, 6.07) is 18.8. The minimum atomic E-state index is -3.04. The van der Waals surface area contributed by atoms with E-state index in [2.05, 4.69) is 5.32 Å². The molecule has 1 atom stereocenters. The largest absolute Gasteiger partial charge is 0.327 e. The normalized spacial score (nSPS) is 18.6. The maximum Gasteiger partial charge on any atom is 0.318 e. The average Bonchev–Trinajstić information content (AvgIpc) is 3.01. The van der Waals surface area contributed by atoms with Crippen molar-refractivity contribution in [1.29, 1.82) is 0 Å². The van der Waals surface area contributed by atoms with Crippen LogP contribution in [0.5, 0.6) is 0 Å².